The topological polar surface area (TPSA) is 22.1 Å². The van der Waals surface area contributed by atoms with E-state index in [2.05, 4.69) is 58.7 Å². The van der Waals surface area contributed by atoms with Crippen molar-refractivity contribution < 1.29 is 4.74 Å². The number of ether oxygens (including phenoxy) is 1. The molecule has 1 heterocycles. The minimum absolute atomic E-state index is 0.0436. The van der Waals surface area contributed by atoms with Gasteiger partial charge in [-0.25, -0.2) is 4.98 Å². The third-order valence-corrected chi connectivity index (χ3v) is 3.51. The Morgan fingerprint density at radius 2 is 1.48 bits per heavy atom. The van der Waals surface area contributed by atoms with E-state index in [0.29, 0.717) is 5.88 Å². The Morgan fingerprint density at radius 1 is 0.810 bits per heavy atom. The summed E-state index contributed by atoms with van der Waals surface area (Å²) in [6, 6.07) is 12.2. The molecule has 1 aromatic carbocycles. The molecule has 0 saturated heterocycles. The fraction of sp³-hybridized carbons (Fsp3) is 0.421. The lowest BCUT2D eigenvalue weighted by Crippen LogP contribution is -2.13. The normalized spacial score (nSPS) is 12.3. The Kier molecular flexibility index (Phi) is 4.08. The second-order valence-electron chi connectivity index (χ2n) is 7.48. The molecule has 2 heteroatoms. The van der Waals surface area contributed by atoms with Crippen molar-refractivity contribution in [3.8, 4) is 11.6 Å². The maximum absolute atomic E-state index is 5.99. The van der Waals surface area contributed by atoms with Crippen molar-refractivity contribution in [2.24, 2.45) is 0 Å². The highest BCUT2D eigenvalue weighted by Gasteiger charge is 2.19. The van der Waals surface area contributed by atoms with E-state index in [-0.39, 0.29) is 10.8 Å². The van der Waals surface area contributed by atoms with E-state index in [9.17, 15) is 0 Å². The summed E-state index contributed by atoms with van der Waals surface area (Å²) < 4.78 is 5.99. The van der Waals surface area contributed by atoms with Crippen LogP contribution in [0.5, 0.6) is 11.6 Å². The summed E-state index contributed by atoms with van der Waals surface area (Å²) in [5, 5.41) is 0. The fourth-order valence-corrected chi connectivity index (χ4v) is 2.17. The van der Waals surface area contributed by atoms with Crippen LogP contribution in [0, 0.1) is 0 Å². The third-order valence-electron chi connectivity index (χ3n) is 3.51. The van der Waals surface area contributed by atoms with Crippen LogP contribution in [-0.2, 0) is 10.8 Å². The SMILES string of the molecule is CC(C)(C)c1ccc(Oc2ccccc2C(C)(C)C)nc1. The average molecular weight is 283 g/mol. The van der Waals surface area contributed by atoms with E-state index in [4.69, 9.17) is 4.74 Å². The summed E-state index contributed by atoms with van der Waals surface area (Å²) >= 11 is 0. The Balaban J connectivity index is 2.27. The monoisotopic (exact) mass is 283 g/mol. The molecule has 0 unspecified atom stereocenters. The maximum Gasteiger partial charge on any atom is 0.219 e. The van der Waals surface area contributed by atoms with Gasteiger partial charge in [-0.3, -0.25) is 0 Å². The molecule has 0 aliphatic rings. The van der Waals surface area contributed by atoms with Crippen molar-refractivity contribution in [1.82, 2.24) is 4.98 Å². The van der Waals surface area contributed by atoms with Gasteiger partial charge in [-0.05, 0) is 22.5 Å². The molecule has 0 spiro atoms. The highest BCUT2D eigenvalue weighted by molar-refractivity contribution is 5.40. The van der Waals surface area contributed by atoms with Crippen LogP contribution in [0.2, 0.25) is 0 Å². The smallest absolute Gasteiger partial charge is 0.219 e. The molecule has 0 fully saturated rings. The third kappa shape index (κ3) is 3.84. The summed E-state index contributed by atoms with van der Waals surface area (Å²) in [7, 11) is 0. The molecule has 0 aliphatic carbocycles. The van der Waals surface area contributed by atoms with Crippen LogP contribution < -0.4 is 4.74 Å². The van der Waals surface area contributed by atoms with Crippen LogP contribution in [0.25, 0.3) is 0 Å². The van der Waals surface area contributed by atoms with Crippen molar-refractivity contribution in [3.63, 3.8) is 0 Å². The molecule has 0 bridgehead atoms. The molecule has 2 rings (SSSR count). The van der Waals surface area contributed by atoms with Crippen LogP contribution in [0.15, 0.2) is 42.6 Å². The molecule has 0 N–H and O–H groups in total. The molecule has 1 aromatic heterocycles. The standard InChI is InChI=1S/C19H25NO/c1-18(2,3)14-11-12-17(20-13-14)21-16-10-8-7-9-15(16)19(4,5)6/h7-13H,1-6H3. The summed E-state index contributed by atoms with van der Waals surface area (Å²) in [5.41, 5.74) is 2.54. The predicted molar refractivity (Wildman–Crippen MR) is 88.2 cm³/mol. The van der Waals surface area contributed by atoms with Crippen LogP contribution in [0.3, 0.4) is 0 Å². The average Bonchev–Trinajstić information content (AvgIpc) is 2.37. The molecule has 0 aliphatic heterocycles. The number of aromatic nitrogens is 1. The number of hydrogen-bond acceptors (Lipinski definition) is 2. The van der Waals surface area contributed by atoms with Gasteiger partial charge in [0.2, 0.25) is 5.88 Å². The zero-order valence-corrected chi connectivity index (χ0v) is 13.9. The summed E-state index contributed by atoms with van der Waals surface area (Å²) in [4.78, 5) is 4.44. The molecule has 2 aromatic rings. The first-order valence-electron chi connectivity index (χ1n) is 7.42. The molecule has 21 heavy (non-hydrogen) atoms. The lowest BCUT2D eigenvalue weighted by atomic mass is 9.86. The highest BCUT2D eigenvalue weighted by atomic mass is 16.5. The van der Waals surface area contributed by atoms with Gasteiger partial charge in [-0.2, -0.15) is 0 Å². The number of para-hydroxylation sites is 1. The lowest BCUT2D eigenvalue weighted by Gasteiger charge is -2.22. The van der Waals surface area contributed by atoms with Gasteiger partial charge >= 0.3 is 0 Å². The Labute approximate surface area is 128 Å². The van der Waals surface area contributed by atoms with Crippen LogP contribution >= 0.6 is 0 Å². The number of pyridine rings is 1. The van der Waals surface area contributed by atoms with E-state index in [0.717, 1.165) is 5.75 Å². The van der Waals surface area contributed by atoms with Gasteiger partial charge < -0.3 is 4.74 Å². The fourth-order valence-electron chi connectivity index (χ4n) is 2.17. The maximum atomic E-state index is 5.99. The quantitative estimate of drug-likeness (QED) is 0.729. The second kappa shape index (κ2) is 5.51. The van der Waals surface area contributed by atoms with Gasteiger partial charge in [0.05, 0.1) is 0 Å². The van der Waals surface area contributed by atoms with Gasteiger partial charge in [0.15, 0.2) is 0 Å². The minimum atomic E-state index is 0.0436. The van der Waals surface area contributed by atoms with Crippen LogP contribution in [0.4, 0.5) is 0 Å². The van der Waals surface area contributed by atoms with Gasteiger partial charge in [0.25, 0.3) is 0 Å². The van der Waals surface area contributed by atoms with E-state index in [1.807, 2.05) is 30.5 Å². The minimum Gasteiger partial charge on any atom is -0.439 e. The molecule has 0 saturated carbocycles. The molecule has 0 atom stereocenters. The van der Waals surface area contributed by atoms with Crippen molar-refractivity contribution >= 4 is 0 Å². The number of benzene rings is 1. The number of rotatable bonds is 2. The lowest BCUT2D eigenvalue weighted by molar-refractivity contribution is 0.438. The number of nitrogens with zero attached hydrogens (tertiary/aromatic N) is 1. The van der Waals surface area contributed by atoms with Gasteiger partial charge in [-0.1, -0.05) is 65.8 Å². The zero-order valence-electron chi connectivity index (χ0n) is 13.9. The predicted octanol–water partition coefficient (Wildman–Crippen LogP) is 5.47. The first-order valence-corrected chi connectivity index (χ1v) is 7.42. The number of hydrogen-bond donors (Lipinski definition) is 0. The highest BCUT2D eigenvalue weighted by Crippen LogP contribution is 2.33. The van der Waals surface area contributed by atoms with Crippen molar-refractivity contribution in [3.05, 3.63) is 53.7 Å². The zero-order chi connectivity index (χ0) is 15.7. The van der Waals surface area contributed by atoms with Crippen LogP contribution in [-0.4, -0.2) is 4.98 Å². The first kappa shape index (κ1) is 15.6. The van der Waals surface area contributed by atoms with Crippen LogP contribution in [0.1, 0.15) is 52.7 Å². The largest absolute Gasteiger partial charge is 0.439 e. The van der Waals surface area contributed by atoms with Crippen molar-refractivity contribution in [1.29, 1.82) is 0 Å². The first-order chi connectivity index (χ1) is 9.68. The van der Waals surface area contributed by atoms with Gasteiger partial charge in [0, 0.05) is 17.8 Å². The van der Waals surface area contributed by atoms with Gasteiger partial charge in [0.1, 0.15) is 5.75 Å². The van der Waals surface area contributed by atoms with Crippen molar-refractivity contribution in [2.75, 3.05) is 0 Å². The molecular formula is C19H25NO. The summed E-state index contributed by atoms with van der Waals surface area (Å²) in [5.74, 6) is 1.51. The van der Waals surface area contributed by atoms with E-state index in [1.165, 1.54) is 11.1 Å². The Hall–Kier alpha value is -1.83. The van der Waals surface area contributed by atoms with E-state index in [1.54, 1.807) is 0 Å². The van der Waals surface area contributed by atoms with E-state index >= 15 is 0 Å². The molecule has 112 valence electrons. The van der Waals surface area contributed by atoms with Gasteiger partial charge in [-0.15, -0.1) is 0 Å². The molecule has 0 radical (unpaired) electrons. The van der Waals surface area contributed by atoms with Crippen molar-refractivity contribution in [2.45, 2.75) is 52.4 Å². The molecular weight excluding hydrogens is 258 g/mol. The molecule has 0 amide bonds. The Bertz CT molecular complexity index is 601. The summed E-state index contributed by atoms with van der Waals surface area (Å²) in [6.45, 7) is 13.1. The summed E-state index contributed by atoms with van der Waals surface area (Å²) in [6.07, 6.45) is 1.90. The molecule has 2 nitrogen and oxygen atoms in total. The second-order valence-corrected chi connectivity index (χ2v) is 7.48. The van der Waals surface area contributed by atoms with E-state index < -0.39 is 0 Å². The Morgan fingerprint density at radius 3 is 2.00 bits per heavy atom.